The normalized spacial score (nSPS) is 12.3. The summed E-state index contributed by atoms with van der Waals surface area (Å²) in [5.41, 5.74) is 1.71. The van der Waals surface area contributed by atoms with E-state index in [-0.39, 0.29) is 11.1 Å². The van der Waals surface area contributed by atoms with Crippen LogP contribution < -0.4 is 0 Å². The number of nitrogens with zero attached hydrogens (tertiary/aromatic N) is 2. The van der Waals surface area contributed by atoms with E-state index in [2.05, 4.69) is 17.6 Å². The largest absolute Gasteiger partial charge is 0.329 e. The Kier molecular flexibility index (Phi) is 4.95. The molecule has 118 valence electrons. The Morgan fingerprint density at radius 2 is 1.87 bits per heavy atom. The molecule has 3 rings (SSSR count). The lowest BCUT2D eigenvalue weighted by molar-refractivity contribution is 0.625. The number of hydrogen-bond acceptors (Lipinski definition) is 2. The van der Waals surface area contributed by atoms with E-state index in [4.69, 9.17) is 23.2 Å². The molecule has 0 aliphatic carbocycles. The van der Waals surface area contributed by atoms with Crippen LogP contribution in [0.1, 0.15) is 22.2 Å². The first kappa shape index (κ1) is 16.4. The van der Waals surface area contributed by atoms with Gasteiger partial charge in [0.05, 0.1) is 5.25 Å². The van der Waals surface area contributed by atoms with Crippen molar-refractivity contribution >= 4 is 35.8 Å². The maximum atomic E-state index is 13.4. The fraction of sp³-hybridized carbons (Fsp3) is 0.118. The van der Waals surface area contributed by atoms with Crippen molar-refractivity contribution in [3.8, 4) is 0 Å². The smallest absolute Gasteiger partial charge is 0.126 e. The SMILES string of the molecule is Fc1cccc(C(S)c2nccn2Cc2cc(Cl)cc(Cl)c2)c1. The first-order valence-electron chi connectivity index (χ1n) is 6.92. The van der Waals surface area contributed by atoms with Crippen LogP contribution in [-0.2, 0) is 6.54 Å². The number of thiol groups is 1. The van der Waals surface area contributed by atoms with Crippen LogP contribution in [0, 0.1) is 5.82 Å². The molecule has 1 heterocycles. The lowest BCUT2D eigenvalue weighted by Crippen LogP contribution is -2.07. The summed E-state index contributed by atoms with van der Waals surface area (Å²) in [5.74, 6) is 0.441. The van der Waals surface area contributed by atoms with Gasteiger partial charge in [0.25, 0.3) is 0 Å². The van der Waals surface area contributed by atoms with E-state index in [1.807, 2.05) is 29.0 Å². The highest BCUT2D eigenvalue weighted by Gasteiger charge is 2.16. The highest BCUT2D eigenvalue weighted by molar-refractivity contribution is 7.80. The van der Waals surface area contributed by atoms with Gasteiger partial charge in [0.15, 0.2) is 0 Å². The minimum absolute atomic E-state index is 0.290. The van der Waals surface area contributed by atoms with Crippen LogP contribution in [0.15, 0.2) is 54.9 Å². The standard InChI is InChI=1S/C17H13Cl2FN2S/c18-13-6-11(7-14(19)9-13)10-22-5-4-21-17(22)16(23)12-2-1-3-15(20)8-12/h1-9,16,23H,10H2. The Bertz CT molecular complexity index is 815. The molecule has 0 radical (unpaired) electrons. The molecule has 0 N–H and O–H groups in total. The molecule has 0 saturated carbocycles. The lowest BCUT2D eigenvalue weighted by Gasteiger charge is -2.14. The molecule has 0 bridgehead atoms. The van der Waals surface area contributed by atoms with Crippen LogP contribution in [0.2, 0.25) is 10.0 Å². The number of halogens is 3. The number of hydrogen-bond donors (Lipinski definition) is 1. The van der Waals surface area contributed by atoms with Crippen molar-refractivity contribution in [2.45, 2.75) is 11.8 Å². The van der Waals surface area contributed by atoms with E-state index in [1.54, 1.807) is 18.3 Å². The fourth-order valence-corrected chi connectivity index (χ4v) is 3.37. The topological polar surface area (TPSA) is 17.8 Å². The summed E-state index contributed by atoms with van der Waals surface area (Å²) >= 11 is 16.7. The van der Waals surface area contributed by atoms with E-state index < -0.39 is 0 Å². The Morgan fingerprint density at radius 3 is 2.57 bits per heavy atom. The summed E-state index contributed by atoms with van der Waals surface area (Å²) in [6.07, 6.45) is 3.55. The van der Waals surface area contributed by atoms with Gasteiger partial charge in [0.2, 0.25) is 0 Å². The molecule has 1 atom stereocenters. The van der Waals surface area contributed by atoms with Crippen molar-refractivity contribution in [3.05, 3.63) is 87.7 Å². The van der Waals surface area contributed by atoms with Crippen LogP contribution in [0.25, 0.3) is 0 Å². The monoisotopic (exact) mass is 366 g/mol. The highest BCUT2D eigenvalue weighted by Crippen LogP contribution is 2.28. The molecule has 0 aliphatic heterocycles. The molecular weight excluding hydrogens is 354 g/mol. The maximum Gasteiger partial charge on any atom is 0.126 e. The van der Waals surface area contributed by atoms with Gasteiger partial charge >= 0.3 is 0 Å². The quantitative estimate of drug-likeness (QED) is 0.612. The highest BCUT2D eigenvalue weighted by atomic mass is 35.5. The zero-order valence-corrected chi connectivity index (χ0v) is 14.4. The van der Waals surface area contributed by atoms with E-state index >= 15 is 0 Å². The number of imidazole rings is 1. The summed E-state index contributed by atoms with van der Waals surface area (Å²) in [4.78, 5) is 4.36. The first-order chi connectivity index (χ1) is 11.0. The molecule has 2 nitrogen and oxygen atoms in total. The minimum Gasteiger partial charge on any atom is -0.329 e. The predicted molar refractivity (Wildman–Crippen MR) is 95.0 cm³/mol. The zero-order chi connectivity index (χ0) is 16.4. The van der Waals surface area contributed by atoms with Gasteiger partial charge < -0.3 is 4.57 Å². The van der Waals surface area contributed by atoms with E-state index in [1.165, 1.54) is 12.1 Å². The van der Waals surface area contributed by atoms with Crippen molar-refractivity contribution in [2.75, 3.05) is 0 Å². The zero-order valence-electron chi connectivity index (χ0n) is 12.0. The summed E-state index contributed by atoms with van der Waals surface area (Å²) in [5, 5.41) is 0.846. The molecule has 2 aromatic carbocycles. The predicted octanol–water partition coefficient (Wildman–Crippen LogP) is 5.40. The maximum absolute atomic E-state index is 13.4. The van der Waals surface area contributed by atoms with Crippen LogP contribution >= 0.6 is 35.8 Å². The average molecular weight is 367 g/mol. The molecule has 0 aliphatic rings. The van der Waals surface area contributed by atoms with Gasteiger partial charge in [-0.1, -0.05) is 35.3 Å². The number of benzene rings is 2. The van der Waals surface area contributed by atoms with Gasteiger partial charge in [-0.05, 0) is 41.5 Å². The Balaban J connectivity index is 1.90. The Hall–Kier alpha value is -1.49. The van der Waals surface area contributed by atoms with Crippen molar-refractivity contribution in [1.29, 1.82) is 0 Å². The van der Waals surface area contributed by atoms with Crippen LogP contribution in [-0.4, -0.2) is 9.55 Å². The summed E-state index contributed by atoms with van der Waals surface area (Å²) < 4.78 is 15.4. The molecular formula is C17H13Cl2FN2S. The second-order valence-corrected chi connectivity index (χ2v) is 6.54. The van der Waals surface area contributed by atoms with Crippen molar-refractivity contribution in [3.63, 3.8) is 0 Å². The molecule has 0 amide bonds. The van der Waals surface area contributed by atoms with Crippen LogP contribution in [0.4, 0.5) is 4.39 Å². The van der Waals surface area contributed by atoms with Gasteiger partial charge in [-0.3, -0.25) is 0 Å². The summed E-state index contributed by atoms with van der Waals surface area (Å²) in [7, 11) is 0. The van der Waals surface area contributed by atoms with Gasteiger partial charge in [-0.25, -0.2) is 9.37 Å². The van der Waals surface area contributed by atoms with E-state index in [0.717, 1.165) is 17.0 Å². The number of aromatic nitrogens is 2. The third-order valence-electron chi connectivity index (χ3n) is 3.43. The second-order valence-electron chi connectivity index (χ2n) is 5.15. The van der Waals surface area contributed by atoms with Gasteiger partial charge in [-0.2, -0.15) is 12.6 Å². The molecule has 3 aromatic rings. The van der Waals surface area contributed by atoms with Gasteiger partial charge in [-0.15, -0.1) is 0 Å². The molecule has 1 aromatic heterocycles. The Labute approximate surface area is 149 Å². The molecule has 0 fully saturated rings. The third kappa shape index (κ3) is 3.89. The van der Waals surface area contributed by atoms with Gasteiger partial charge in [0.1, 0.15) is 11.6 Å². The first-order valence-corrected chi connectivity index (χ1v) is 8.19. The molecule has 1 unspecified atom stereocenters. The molecule has 0 spiro atoms. The van der Waals surface area contributed by atoms with Crippen LogP contribution in [0.5, 0.6) is 0 Å². The second kappa shape index (κ2) is 6.95. The number of rotatable bonds is 4. The molecule has 23 heavy (non-hydrogen) atoms. The fourth-order valence-electron chi connectivity index (χ4n) is 2.43. The third-order valence-corrected chi connectivity index (χ3v) is 4.40. The van der Waals surface area contributed by atoms with E-state index in [9.17, 15) is 4.39 Å². The van der Waals surface area contributed by atoms with Crippen molar-refractivity contribution < 1.29 is 4.39 Å². The van der Waals surface area contributed by atoms with Crippen LogP contribution in [0.3, 0.4) is 0 Å². The molecule has 6 heteroatoms. The molecule has 0 saturated heterocycles. The van der Waals surface area contributed by atoms with Gasteiger partial charge in [0, 0.05) is 29.0 Å². The minimum atomic E-state index is -0.324. The van der Waals surface area contributed by atoms with Crippen molar-refractivity contribution in [1.82, 2.24) is 9.55 Å². The summed E-state index contributed by atoms with van der Waals surface area (Å²) in [6, 6.07) is 11.8. The Morgan fingerprint density at radius 1 is 1.13 bits per heavy atom. The lowest BCUT2D eigenvalue weighted by atomic mass is 10.1. The summed E-state index contributed by atoms with van der Waals surface area (Å²) in [6.45, 7) is 0.558. The average Bonchev–Trinajstić information content (AvgIpc) is 2.93. The van der Waals surface area contributed by atoms with Crippen molar-refractivity contribution in [2.24, 2.45) is 0 Å². The van der Waals surface area contributed by atoms with E-state index in [0.29, 0.717) is 16.6 Å².